The van der Waals surface area contributed by atoms with E-state index in [1.165, 1.54) is 30.0 Å². The van der Waals surface area contributed by atoms with Crippen LogP contribution in [0.3, 0.4) is 0 Å². The second-order valence-electron chi connectivity index (χ2n) is 5.36. The molecule has 1 heterocycles. The van der Waals surface area contributed by atoms with Crippen LogP contribution in [0.25, 0.3) is 0 Å². The highest BCUT2D eigenvalue weighted by Crippen LogP contribution is 2.30. The lowest BCUT2D eigenvalue weighted by Gasteiger charge is -2.14. The lowest BCUT2D eigenvalue weighted by atomic mass is 10.1. The third-order valence-corrected chi connectivity index (χ3v) is 6.30. The van der Waals surface area contributed by atoms with Crippen LogP contribution < -0.4 is 10.6 Å². The topological polar surface area (TPSA) is 95.5 Å². The summed E-state index contributed by atoms with van der Waals surface area (Å²) in [4.78, 5) is 36.9. The van der Waals surface area contributed by atoms with Crippen LogP contribution in [0.2, 0.25) is 5.02 Å². The number of aromatic carboxylic acids is 1. The highest BCUT2D eigenvalue weighted by atomic mass is 35.5. The zero-order valence-electron chi connectivity index (χ0n) is 14.8. The molecule has 0 unspecified atom stereocenters. The van der Waals surface area contributed by atoms with Crippen molar-refractivity contribution in [3.8, 4) is 0 Å². The number of nitrogens with one attached hydrogen (secondary N) is 2. The molecule has 0 radical (unpaired) electrons. The van der Waals surface area contributed by atoms with Crippen LogP contribution in [0.4, 0.5) is 11.4 Å². The quantitative estimate of drug-likeness (QED) is 0.475. The number of hydrogen-bond acceptors (Lipinski definition) is 5. The Morgan fingerprint density at radius 3 is 2.43 bits per heavy atom. The molecule has 148 valence electrons. The maximum atomic E-state index is 12.6. The summed E-state index contributed by atoms with van der Waals surface area (Å²) in [6.45, 7) is 1.82. The molecule has 0 fully saturated rings. The number of carbonyl (C=O) groups excluding carboxylic acids is 2. The van der Waals surface area contributed by atoms with Gasteiger partial charge in [0.15, 0.2) is 0 Å². The van der Waals surface area contributed by atoms with E-state index in [0.29, 0.717) is 16.4 Å². The van der Waals surface area contributed by atoms with Gasteiger partial charge in [-0.3, -0.25) is 9.59 Å². The molecule has 2 amide bonds. The Kier molecular flexibility index (Phi) is 7.94. The van der Waals surface area contributed by atoms with Gasteiger partial charge in [-0.05, 0) is 42.3 Å². The van der Waals surface area contributed by atoms with Gasteiger partial charge in [-0.25, -0.2) is 4.79 Å². The van der Waals surface area contributed by atoms with Gasteiger partial charge in [0.2, 0.25) is 0 Å². The molecule has 0 aliphatic heterocycles. The number of carboxylic acids is 1. The smallest absolute Gasteiger partial charge is 0.335 e. The number of anilines is 2. The van der Waals surface area contributed by atoms with Gasteiger partial charge in [-0.2, -0.15) is 0 Å². The minimum absolute atomic E-state index is 0.0437. The van der Waals surface area contributed by atoms with Gasteiger partial charge in [-0.15, -0.1) is 23.1 Å². The van der Waals surface area contributed by atoms with E-state index in [1.807, 2.05) is 6.92 Å². The number of thiophene rings is 1. The van der Waals surface area contributed by atoms with Crippen LogP contribution >= 0.6 is 46.3 Å². The Labute approximate surface area is 179 Å². The van der Waals surface area contributed by atoms with Gasteiger partial charge in [0.1, 0.15) is 4.88 Å². The molecule has 2 rings (SSSR count). The first kappa shape index (κ1) is 22.3. The Morgan fingerprint density at radius 1 is 1.18 bits per heavy atom. The third-order valence-electron chi connectivity index (χ3n) is 3.55. The highest BCUT2D eigenvalue weighted by molar-refractivity contribution is 8.03. The van der Waals surface area contributed by atoms with Crippen molar-refractivity contribution in [2.75, 3.05) is 16.9 Å². The van der Waals surface area contributed by atoms with Gasteiger partial charge < -0.3 is 15.7 Å². The fourth-order valence-corrected chi connectivity index (χ4v) is 4.15. The van der Waals surface area contributed by atoms with E-state index in [4.69, 9.17) is 23.2 Å². The standard InChI is InChI=1S/C18H16Cl2N2O4S2/c1-3-10(19)14(27-2)16(23)21-12-5-4-9(18(25)26)8-13(12)22-17(24)15-11(20)6-7-28-15/h4-8H,3H2,1-2H3,(H,21,23)(H,22,24)(H,25,26)/b14-10+. The van der Waals surface area contributed by atoms with Gasteiger partial charge in [0.25, 0.3) is 11.8 Å². The summed E-state index contributed by atoms with van der Waals surface area (Å²) in [5.41, 5.74) is 0.330. The lowest BCUT2D eigenvalue weighted by Crippen LogP contribution is -2.18. The molecule has 0 spiro atoms. The number of rotatable bonds is 7. The van der Waals surface area contributed by atoms with Crippen LogP contribution in [-0.2, 0) is 4.79 Å². The van der Waals surface area contributed by atoms with Crippen molar-refractivity contribution in [3.63, 3.8) is 0 Å². The number of hydrogen-bond donors (Lipinski definition) is 3. The Morgan fingerprint density at radius 2 is 1.89 bits per heavy atom. The predicted octanol–water partition coefficient (Wildman–Crippen LogP) is 5.51. The molecule has 0 aliphatic carbocycles. The fraction of sp³-hybridized carbons (Fsp3) is 0.167. The second-order valence-corrected chi connectivity index (χ2v) is 7.96. The fourth-order valence-electron chi connectivity index (χ4n) is 2.19. The number of halogens is 2. The zero-order valence-corrected chi connectivity index (χ0v) is 18.0. The van der Waals surface area contributed by atoms with Crippen LogP contribution in [0.15, 0.2) is 39.6 Å². The summed E-state index contributed by atoms with van der Waals surface area (Å²) in [5.74, 6) is -2.13. The van der Waals surface area contributed by atoms with Crippen LogP contribution in [0.1, 0.15) is 33.4 Å². The molecule has 3 N–H and O–H groups in total. The van der Waals surface area contributed by atoms with Crippen molar-refractivity contribution in [2.24, 2.45) is 0 Å². The summed E-state index contributed by atoms with van der Waals surface area (Å²) in [5, 5.41) is 16.9. The van der Waals surface area contributed by atoms with Gasteiger partial charge in [-0.1, -0.05) is 30.1 Å². The minimum Gasteiger partial charge on any atom is -0.478 e. The third kappa shape index (κ3) is 5.29. The van der Waals surface area contributed by atoms with Crippen molar-refractivity contribution in [3.05, 3.63) is 55.0 Å². The number of carboxylic acid groups (broad SMARTS) is 1. The average Bonchev–Trinajstić information content (AvgIpc) is 3.09. The maximum absolute atomic E-state index is 12.6. The molecular formula is C18H16Cl2N2O4S2. The molecule has 0 aliphatic rings. The summed E-state index contributed by atoms with van der Waals surface area (Å²) in [7, 11) is 0. The first-order valence-electron chi connectivity index (χ1n) is 7.94. The molecule has 1 aromatic carbocycles. The molecule has 10 heteroatoms. The molecule has 1 aromatic heterocycles. The number of carbonyl (C=O) groups is 3. The number of benzene rings is 1. The number of allylic oxidation sites excluding steroid dienone is 1. The lowest BCUT2D eigenvalue weighted by molar-refractivity contribution is -0.112. The largest absolute Gasteiger partial charge is 0.478 e. The minimum atomic E-state index is -1.17. The maximum Gasteiger partial charge on any atom is 0.335 e. The molecule has 6 nitrogen and oxygen atoms in total. The molecule has 0 bridgehead atoms. The SMILES string of the molecule is CC/C(Cl)=C(\SC)C(=O)Nc1ccc(C(=O)O)cc1NC(=O)c1sccc1Cl. The van der Waals surface area contributed by atoms with Crippen LogP contribution in [0.5, 0.6) is 0 Å². The van der Waals surface area contributed by atoms with Crippen LogP contribution in [-0.4, -0.2) is 29.1 Å². The average molecular weight is 459 g/mol. The van der Waals surface area contributed by atoms with E-state index in [9.17, 15) is 19.5 Å². The number of thioether (sulfide) groups is 1. The second kappa shape index (κ2) is 9.97. The van der Waals surface area contributed by atoms with E-state index in [0.717, 1.165) is 11.3 Å². The predicted molar refractivity (Wildman–Crippen MR) is 116 cm³/mol. The molecule has 0 saturated heterocycles. The molecule has 0 saturated carbocycles. The van der Waals surface area contributed by atoms with Crippen molar-refractivity contribution in [1.82, 2.24) is 0 Å². The molecule has 0 atom stereocenters. The zero-order chi connectivity index (χ0) is 20.8. The normalized spacial score (nSPS) is 11.6. The Hall–Kier alpha value is -2.00. The van der Waals surface area contributed by atoms with E-state index in [1.54, 1.807) is 17.7 Å². The summed E-state index contributed by atoms with van der Waals surface area (Å²) in [6.07, 6.45) is 2.21. The first-order chi connectivity index (χ1) is 13.3. The molecular weight excluding hydrogens is 443 g/mol. The van der Waals surface area contributed by atoms with Gasteiger partial charge in [0, 0.05) is 5.03 Å². The first-order valence-corrected chi connectivity index (χ1v) is 10.8. The van der Waals surface area contributed by atoms with Crippen molar-refractivity contribution in [1.29, 1.82) is 0 Å². The van der Waals surface area contributed by atoms with Gasteiger partial charge >= 0.3 is 5.97 Å². The molecule has 28 heavy (non-hydrogen) atoms. The summed E-state index contributed by atoms with van der Waals surface area (Å²) in [6, 6.07) is 5.58. The van der Waals surface area contributed by atoms with E-state index in [2.05, 4.69) is 10.6 Å². The monoisotopic (exact) mass is 458 g/mol. The van der Waals surface area contributed by atoms with Crippen LogP contribution in [0, 0.1) is 0 Å². The van der Waals surface area contributed by atoms with Crippen molar-refractivity contribution >= 4 is 75.5 Å². The van der Waals surface area contributed by atoms with Gasteiger partial charge in [0.05, 0.1) is 26.9 Å². The van der Waals surface area contributed by atoms with Crippen molar-refractivity contribution < 1.29 is 19.5 Å². The van der Waals surface area contributed by atoms with E-state index < -0.39 is 17.8 Å². The summed E-state index contributed by atoms with van der Waals surface area (Å²) < 4.78 is 0. The molecule has 2 aromatic rings. The van der Waals surface area contributed by atoms with E-state index >= 15 is 0 Å². The Bertz CT molecular complexity index is 957. The number of amides is 2. The van der Waals surface area contributed by atoms with Crippen molar-refractivity contribution in [2.45, 2.75) is 13.3 Å². The van der Waals surface area contributed by atoms with E-state index in [-0.39, 0.29) is 26.8 Å². The summed E-state index contributed by atoms with van der Waals surface area (Å²) >= 11 is 14.4. The Balaban J connectivity index is 2.39. The highest BCUT2D eigenvalue weighted by Gasteiger charge is 2.19.